The van der Waals surface area contributed by atoms with Gasteiger partial charge in [-0.15, -0.1) is 0 Å². The number of piperidine rings is 1. The number of benzene rings is 3. The number of likely N-dealkylation sites (tertiary alicyclic amines) is 1. The predicted octanol–water partition coefficient (Wildman–Crippen LogP) is 6.26. The second kappa shape index (κ2) is 12.6. The van der Waals surface area contributed by atoms with Gasteiger partial charge < -0.3 is 19.5 Å². The van der Waals surface area contributed by atoms with E-state index in [9.17, 15) is 14.7 Å². The fourth-order valence-electron chi connectivity index (χ4n) is 9.19. The van der Waals surface area contributed by atoms with Crippen LogP contribution in [0.15, 0.2) is 72.8 Å². The first kappa shape index (κ1) is 31.6. The zero-order chi connectivity index (χ0) is 32.9. The maximum Gasteiger partial charge on any atom is 0.308 e. The van der Waals surface area contributed by atoms with E-state index in [2.05, 4.69) is 48.8 Å². The van der Waals surface area contributed by atoms with Gasteiger partial charge in [-0.3, -0.25) is 14.5 Å². The molecule has 246 valence electrons. The molecule has 3 aromatic rings. The van der Waals surface area contributed by atoms with E-state index in [1.54, 1.807) is 6.08 Å². The third-order valence-corrected chi connectivity index (χ3v) is 10.9. The summed E-state index contributed by atoms with van der Waals surface area (Å²) in [6, 6.07) is 22.2. The quantitative estimate of drug-likeness (QED) is 0.170. The van der Waals surface area contributed by atoms with Crippen molar-refractivity contribution in [2.45, 2.75) is 83.1 Å². The first-order valence-corrected chi connectivity index (χ1v) is 17.2. The summed E-state index contributed by atoms with van der Waals surface area (Å²) in [5.74, 6) is 1.35. The molecule has 0 radical (unpaired) electrons. The monoisotopic (exact) mass is 634 g/mol. The van der Waals surface area contributed by atoms with Gasteiger partial charge in [0.05, 0.1) is 12.1 Å². The van der Waals surface area contributed by atoms with Gasteiger partial charge >= 0.3 is 5.97 Å². The number of nitrogens with zero attached hydrogens (tertiary/aromatic N) is 2. The Labute approximate surface area is 278 Å². The number of aliphatic hydroxyl groups is 1. The van der Waals surface area contributed by atoms with Crippen LogP contribution in [0.2, 0.25) is 0 Å². The molecule has 1 spiro atoms. The zero-order valence-electron chi connectivity index (χ0n) is 27.9. The fraction of sp³-hybridized carbons (Fsp3) is 0.450. The minimum absolute atomic E-state index is 0.00387. The van der Waals surface area contributed by atoms with Crippen molar-refractivity contribution >= 4 is 18.0 Å². The van der Waals surface area contributed by atoms with Crippen LogP contribution < -0.4 is 9.47 Å². The van der Waals surface area contributed by atoms with Gasteiger partial charge in [0.2, 0.25) is 5.91 Å². The van der Waals surface area contributed by atoms with Crippen molar-refractivity contribution in [1.82, 2.24) is 9.80 Å². The largest absolute Gasteiger partial charge is 0.483 e. The van der Waals surface area contributed by atoms with Gasteiger partial charge in [0, 0.05) is 43.1 Å². The van der Waals surface area contributed by atoms with Crippen molar-refractivity contribution < 1.29 is 24.2 Å². The molecule has 7 rings (SSSR count). The molecule has 2 aliphatic carbocycles. The lowest BCUT2D eigenvalue weighted by Gasteiger charge is -2.60. The summed E-state index contributed by atoms with van der Waals surface area (Å²) < 4.78 is 12.8. The molecule has 1 amide bonds. The minimum atomic E-state index is -0.570. The maximum atomic E-state index is 14.1. The summed E-state index contributed by atoms with van der Waals surface area (Å²) in [6.07, 6.45) is 6.29. The van der Waals surface area contributed by atoms with E-state index in [0.29, 0.717) is 30.5 Å². The highest BCUT2D eigenvalue weighted by Crippen LogP contribution is 2.64. The van der Waals surface area contributed by atoms with E-state index in [4.69, 9.17) is 9.47 Å². The maximum absolute atomic E-state index is 14.1. The van der Waals surface area contributed by atoms with E-state index < -0.39 is 6.10 Å². The molecular weight excluding hydrogens is 588 g/mol. The highest BCUT2D eigenvalue weighted by Gasteiger charge is 2.66. The van der Waals surface area contributed by atoms with Gasteiger partial charge in [0.1, 0.15) is 6.10 Å². The molecule has 1 saturated carbocycles. The topological polar surface area (TPSA) is 79.3 Å². The van der Waals surface area contributed by atoms with Crippen LogP contribution in [0, 0.1) is 18.8 Å². The van der Waals surface area contributed by atoms with Crippen molar-refractivity contribution in [3.63, 3.8) is 0 Å². The molecule has 2 bridgehead atoms. The lowest BCUT2D eigenvalue weighted by molar-refractivity contribution is -0.139. The fourth-order valence-corrected chi connectivity index (χ4v) is 9.19. The number of aryl methyl sites for hydroxylation is 1. The minimum Gasteiger partial charge on any atom is -0.483 e. The van der Waals surface area contributed by atoms with Crippen molar-refractivity contribution in [3.05, 3.63) is 101 Å². The number of hydrogen-bond acceptors (Lipinski definition) is 6. The second-order valence-corrected chi connectivity index (χ2v) is 14.4. The lowest BCUT2D eigenvalue weighted by atomic mass is 9.51. The Morgan fingerprint density at radius 1 is 1.11 bits per heavy atom. The van der Waals surface area contributed by atoms with E-state index in [1.807, 2.05) is 54.6 Å². The summed E-state index contributed by atoms with van der Waals surface area (Å²) in [5.41, 5.74) is 5.19. The first-order chi connectivity index (χ1) is 22.7. The number of aliphatic hydroxyl groups excluding tert-OH is 1. The van der Waals surface area contributed by atoms with Crippen LogP contribution in [0.1, 0.15) is 74.0 Å². The normalized spacial score (nSPS) is 26.5. The molecule has 6 atom stereocenters. The summed E-state index contributed by atoms with van der Waals surface area (Å²) in [4.78, 5) is 30.9. The van der Waals surface area contributed by atoms with Gasteiger partial charge in [-0.1, -0.05) is 80.1 Å². The molecule has 2 heterocycles. The molecule has 2 fully saturated rings. The second-order valence-electron chi connectivity index (χ2n) is 14.4. The van der Waals surface area contributed by atoms with Gasteiger partial charge in [-0.25, -0.2) is 0 Å². The molecule has 7 nitrogen and oxygen atoms in total. The molecule has 3 aromatic carbocycles. The number of ether oxygens (including phenoxy) is 2. The van der Waals surface area contributed by atoms with Gasteiger partial charge in [0.25, 0.3) is 0 Å². The van der Waals surface area contributed by atoms with Crippen molar-refractivity contribution in [2.75, 3.05) is 19.6 Å². The Kier molecular flexibility index (Phi) is 8.48. The van der Waals surface area contributed by atoms with Crippen LogP contribution in [0.25, 0.3) is 6.08 Å². The van der Waals surface area contributed by atoms with Crippen molar-refractivity contribution in [2.24, 2.45) is 11.8 Å². The standard InChI is InChI=1S/C40H46N2O5/c1-25(2)23-42(36(45)18-13-28-10-8-9-26(3)21-28)32-16-15-31-33-22-30-14-17-35(46-27(4)43)38-37(30)40(31,39(32)47-38)19-20-41(33)24-34(44)29-11-6-5-7-12-29/h5-14,17-18,21,25,31-34,39,44H,15-16,19-20,22-24H2,1-4H3/t31-,32-,33+,34?,39-,40-/m0/s1. The number of β-amino-alcohol motifs (C(OH)–C–C–N with tert-alkyl or cyclic N) is 1. The molecule has 2 aliphatic heterocycles. The number of rotatable bonds is 9. The summed E-state index contributed by atoms with van der Waals surface area (Å²) in [7, 11) is 0. The van der Waals surface area contributed by atoms with Crippen molar-refractivity contribution in [1.29, 1.82) is 0 Å². The average molecular weight is 635 g/mol. The van der Waals surface area contributed by atoms with Gasteiger partial charge in [0.15, 0.2) is 11.5 Å². The Hall–Kier alpha value is -3.94. The predicted molar refractivity (Wildman–Crippen MR) is 182 cm³/mol. The molecule has 1 unspecified atom stereocenters. The van der Waals surface area contributed by atoms with Gasteiger partial charge in [-0.05, 0) is 79.8 Å². The number of hydrogen-bond donors (Lipinski definition) is 1. The molecule has 47 heavy (non-hydrogen) atoms. The number of carbonyl (C=O) groups excluding carboxylic acids is 2. The Bertz CT molecular complexity index is 1690. The van der Waals surface area contributed by atoms with Crippen molar-refractivity contribution in [3.8, 4) is 11.5 Å². The zero-order valence-corrected chi connectivity index (χ0v) is 27.9. The molecule has 0 aromatic heterocycles. The van der Waals surface area contributed by atoms with Crippen LogP contribution in [-0.2, 0) is 21.4 Å². The number of carbonyl (C=O) groups is 2. The van der Waals surface area contributed by atoms with Crippen LogP contribution in [0.4, 0.5) is 0 Å². The van der Waals surface area contributed by atoms with Crippen LogP contribution >= 0.6 is 0 Å². The molecule has 4 aliphatic rings. The average Bonchev–Trinajstić information content (AvgIpc) is 3.40. The smallest absolute Gasteiger partial charge is 0.308 e. The third-order valence-electron chi connectivity index (χ3n) is 10.9. The lowest BCUT2D eigenvalue weighted by Crippen LogP contribution is -2.69. The van der Waals surface area contributed by atoms with Crippen LogP contribution in [-0.4, -0.2) is 64.6 Å². The number of amides is 1. The van der Waals surface area contributed by atoms with Crippen LogP contribution in [0.5, 0.6) is 11.5 Å². The Balaban J connectivity index is 1.26. The van der Waals surface area contributed by atoms with E-state index in [-0.39, 0.29) is 41.4 Å². The molecule has 1 N–H and O–H groups in total. The third kappa shape index (κ3) is 5.67. The highest BCUT2D eigenvalue weighted by atomic mass is 16.6. The first-order valence-electron chi connectivity index (χ1n) is 17.2. The van der Waals surface area contributed by atoms with E-state index in [1.165, 1.54) is 18.1 Å². The number of esters is 1. The SMILES string of the molecule is CC(=O)Oc1ccc2c3c1O[C@H]1[C@@H](N(CC(C)C)C(=O)C=Cc4cccc(C)c4)CC[C@H]4[C@@H](C2)N(CC(O)c2ccccc2)CC[C@@]341. The Morgan fingerprint density at radius 2 is 1.91 bits per heavy atom. The van der Waals surface area contributed by atoms with Gasteiger partial charge in [-0.2, -0.15) is 0 Å². The Morgan fingerprint density at radius 3 is 2.66 bits per heavy atom. The summed E-state index contributed by atoms with van der Waals surface area (Å²) in [6.45, 7) is 9.81. The van der Waals surface area contributed by atoms with Crippen LogP contribution in [0.3, 0.4) is 0 Å². The summed E-state index contributed by atoms with van der Waals surface area (Å²) in [5, 5.41) is 11.3. The molecular formula is C40H46N2O5. The highest BCUT2D eigenvalue weighted by molar-refractivity contribution is 5.92. The summed E-state index contributed by atoms with van der Waals surface area (Å²) >= 11 is 0. The van der Waals surface area contributed by atoms with E-state index >= 15 is 0 Å². The van der Waals surface area contributed by atoms with E-state index in [0.717, 1.165) is 48.9 Å². The molecule has 1 saturated heterocycles. The molecule has 7 heteroatoms.